The predicted octanol–water partition coefficient (Wildman–Crippen LogP) is 5.53. The Kier molecular flexibility index (Phi) is 6.99. The number of nitrogens with zero attached hydrogens (tertiary/aromatic N) is 1. The van der Waals surface area contributed by atoms with E-state index in [0.29, 0.717) is 30.1 Å². The van der Waals surface area contributed by atoms with E-state index >= 15 is 0 Å². The highest BCUT2D eigenvalue weighted by atomic mass is 32.2. The number of benzene rings is 3. The molecule has 3 aromatic carbocycles. The zero-order valence-electron chi connectivity index (χ0n) is 18.4. The summed E-state index contributed by atoms with van der Waals surface area (Å²) in [7, 11) is 1.57. The van der Waals surface area contributed by atoms with E-state index in [4.69, 9.17) is 9.47 Å². The maximum atomic E-state index is 13.1. The quantitative estimate of drug-likeness (QED) is 0.438. The van der Waals surface area contributed by atoms with E-state index in [-0.39, 0.29) is 23.5 Å². The maximum absolute atomic E-state index is 13.1. The van der Waals surface area contributed by atoms with Crippen LogP contribution in [0.5, 0.6) is 11.5 Å². The lowest BCUT2D eigenvalue weighted by molar-refractivity contribution is -0.127. The second-order valence-corrected chi connectivity index (χ2v) is 9.04. The van der Waals surface area contributed by atoms with Crippen LogP contribution in [-0.4, -0.2) is 28.4 Å². The normalized spacial score (nSPS) is 15.7. The summed E-state index contributed by atoms with van der Waals surface area (Å²) in [6, 6.07) is 19.5. The zero-order chi connectivity index (χ0) is 23.4. The minimum atomic E-state index is -0.512. The van der Waals surface area contributed by atoms with Crippen LogP contribution in [0.2, 0.25) is 0 Å². The molecule has 2 amide bonds. The summed E-state index contributed by atoms with van der Waals surface area (Å²) >= 11 is 1.02. The molecule has 33 heavy (non-hydrogen) atoms. The van der Waals surface area contributed by atoms with Crippen LogP contribution in [0, 0.1) is 12.7 Å². The smallest absolute Gasteiger partial charge is 0.289 e. The van der Waals surface area contributed by atoms with E-state index < -0.39 is 5.25 Å². The first kappa shape index (κ1) is 22.9. The lowest BCUT2D eigenvalue weighted by atomic mass is 10.1. The maximum Gasteiger partial charge on any atom is 0.289 e. The number of thioether (sulfide) groups is 1. The van der Waals surface area contributed by atoms with Crippen molar-refractivity contribution in [2.75, 3.05) is 7.11 Å². The molecular formula is C26H24FNO4S. The number of imide groups is 1. The summed E-state index contributed by atoms with van der Waals surface area (Å²) in [5.41, 5.74) is 3.82. The fourth-order valence-electron chi connectivity index (χ4n) is 3.56. The van der Waals surface area contributed by atoms with Gasteiger partial charge in [-0.3, -0.25) is 14.5 Å². The number of aryl methyl sites for hydroxylation is 1. The molecular weight excluding hydrogens is 441 g/mol. The molecule has 1 saturated heterocycles. The summed E-state index contributed by atoms with van der Waals surface area (Å²) < 4.78 is 24.5. The average molecular weight is 466 g/mol. The van der Waals surface area contributed by atoms with Gasteiger partial charge in [-0.2, -0.15) is 0 Å². The molecule has 170 valence electrons. The molecule has 0 aromatic heterocycles. The van der Waals surface area contributed by atoms with Crippen molar-refractivity contribution in [3.63, 3.8) is 0 Å². The Balaban J connectivity index is 1.40. The van der Waals surface area contributed by atoms with Gasteiger partial charge < -0.3 is 9.47 Å². The minimum Gasteiger partial charge on any atom is -0.493 e. The van der Waals surface area contributed by atoms with Crippen molar-refractivity contribution in [2.45, 2.75) is 31.7 Å². The molecule has 0 bridgehead atoms. The molecule has 5 nitrogen and oxygen atoms in total. The summed E-state index contributed by atoms with van der Waals surface area (Å²) in [6.07, 6.45) is 0.393. The van der Waals surface area contributed by atoms with Gasteiger partial charge in [0.1, 0.15) is 12.4 Å². The van der Waals surface area contributed by atoms with Crippen molar-refractivity contribution in [3.8, 4) is 11.5 Å². The summed E-state index contributed by atoms with van der Waals surface area (Å²) in [5.74, 6) is 0.587. The first-order valence-corrected chi connectivity index (χ1v) is 11.4. The number of carbonyl (C=O) groups excluding carboxylic acids is 2. The van der Waals surface area contributed by atoms with Gasteiger partial charge in [-0.05, 0) is 54.3 Å². The lowest BCUT2D eigenvalue weighted by Gasteiger charge is -2.15. The van der Waals surface area contributed by atoms with Gasteiger partial charge >= 0.3 is 0 Å². The number of halogens is 1. The highest BCUT2D eigenvalue weighted by Crippen LogP contribution is 2.34. The third kappa shape index (κ3) is 5.54. The van der Waals surface area contributed by atoms with Gasteiger partial charge in [0.05, 0.1) is 18.9 Å². The standard InChI is InChI=1S/C26H24FNO4S/c1-17-3-5-19(6-4-17)16-32-22-12-9-20(13-23(22)31-2)14-24-25(29)28(26(30)33-24)15-18-7-10-21(27)11-8-18/h3-13,24H,14-16H2,1-2H3/t24-/m1/s1. The van der Waals surface area contributed by atoms with E-state index in [0.717, 1.165) is 22.9 Å². The highest BCUT2D eigenvalue weighted by Gasteiger charge is 2.39. The molecule has 0 unspecified atom stereocenters. The fourth-order valence-corrected chi connectivity index (χ4v) is 4.59. The Morgan fingerprint density at radius 3 is 2.27 bits per heavy atom. The molecule has 1 atom stereocenters. The largest absolute Gasteiger partial charge is 0.493 e. The molecule has 0 aliphatic carbocycles. The van der Waals surface area contributed by atoms with Crippen molar-refractivity contribution in [3.05, 3.63) is 94.8 Å². The van der Waals surface area contributed by atoms with Crippen LogP contribution in [0.3, 0.4) is 0 Å². The number of ether oxygens (including phenoxy) is 2. The van der Waals surface area contributed by atoms with Crippen molar-refractivity contribution in [1.29, 1.82) is 0 Å². The van der Waals surface area contributed by atoms with Crippen LogP contribution >= 0.6 is 11.8 Å². The van der Waals surface area contributed by atoms with Gasteiger partial charge in [0.2, 0.25) is 5.91 Å². The molecule has 0 spiro atoms. The van der Waals surface area contributed by atoms with Crippen LogP contribution in [0.1, 0.15) is 22.3 Å². The van der Waals surface area contributed by atoms with E-state index in [2.05, 4.69) is 0 Å². The summed E-state index contributed by atoms with van der Waals surface area (Å²) in [4.78, 5) is 26.5. The molecule has 4 rings (SSSR count). The van der Waals surface area contributed by atoms with E-state index in [1.807, 2.05) is 49.4 Å². The molecule has 1 heterocycles. The molecule has 3 aromatic rings. The van der Waals surface area contributed by atoms with Crippen LogP contribution < -0.4 is 9.47 Å². The third-order valence-corrected chi connectivity index (χ3v) is 6.50. The van der Waals surface area contributed by atoms with Crippen molar-refractivity contribution in [2.24, 2.45) is 0 Å². The predicted molar refractivity (Wildman–Crippen MR) is 126 cm³/mol. The Bertz CT molecular complexity index is 1150. The SMILES string of the molecule is COc1cc(C[C@H]2SC(=O)N(Cc3ccc(F)cc3)C2=O)ccc1OCc1ccc(C)cc1. The minimum absolute atomic E-state index is 0.135. The van der Waals surface area contributed by atoms with E-state index in [9.17, 15) is 14.0 Å². The summed E-state index contributed by atoms with van der Waals surface area (Å²) in [5, 5.41) is -0.804. The monoisotopic (exact) mass is 465 g/mol. The van der Waals surface area contributed by atoms with Crippen LogP contribution in [0.25, 0.3) is 0 Å². The van der Waals surface area contributed by atoms with Gasteiger partial charge in [0.25, 0.3) is 5.24 Å². The van der Waals surface area contributed by atoms with Gasteiger partial charge in [-0.15, -0.1) is 0 Å². The average Bonchev–Trinajstić information content (AvgIpc) is 3.07. The number of hydrogen-bond donors (Lipinski definition) is 0. The number of methoxy groups -OCH3 is 1. The van der Waals surface area contributed by atoms with Crippen LogP contribution in [0.15, 0.2) is 66.7 Å². The van der Waals surface area contributed by atoms with Gasteiger partial charge in [0.15, 0.2) is 11.5 Å². The van der Waals surface area contributed by atoms with Crippen molar-refractivity contribution in [1.82, 2.24) is 4.90 Å². The van der Waals surface area contributed by atoms with Gasteiger partial charge in [-0.25, -0.2) is 4.39 Å². The number of amides is 2. The van der Waals surface area contributed by atoms with Gasteiger partial charge in [-0.1, -0.05) is 59.8 Å². The Morgan fingerprint density at radius 2 is 1.58 bits per heavy atom. The van der Waals surface area contributed by atoms with Gasteiger partial charge in [0, 0.05) is 0 Å². The van der Waals surface area contributed by atoms with Crippen molar-refractivity contribution < 1.29 is 23.5 Å². The molecule has 1 aliphatic heterocycles. The first-order chi connectivity index (χ1) is 15.9. The second-order valence-electron chi connectivity index (χ2n) is 7.89. The Hall–Kier alpha value is -3.32. The number of rotatable bonds is 8. The second kappa shape index (κ2) is 10.1. The third-order valence-electron chi connectivity index (χ3n) is 5.42. The summed E-state index contributed by atoms with van der Waals surface area (Å²) in [6.45, 7) is 2.59. The Labute approximate surface area is 196 Å². The van der Waals surface area contributed by atoms with E-state index in [1.165, 1.54) is 22.6 Å². The number of carbonyl (C=O) groups is 2. The van der Waals surface area contributed by atoms with Crippen molar-refractivity contribution >= 4 is 22.9 Å². The molecule has 7 heteroatoms. The van der Waals surface area contributed by atoms with E-state index in [1.54, 1.807) is 19.2 Å². The number of hydrogen-bond acceptors (Lipinski definition) is 5. The topological polar surface area (TPSA) is 55.8 Å². The van der Waals surface area contributed by atoms with Crippen LogP contribution in [-0.2, 0) is 24.4 Å². The molecule has 0 radical (unpaired) electrons. The lowest BCUT2D eigenvalue weighted by Crippen LogP contribution is -2.31. The highest BCUT2D eigenvalue weighted by molar-refractivity contribution is 8.15. The molecule has 1 fully saturated rings. The fraction of sp³-hybridized carbons (Fsp3) is 0.231. The molecule has 1 aliphatic rings. The zero-order valence-corrected chi connectivity index (χ0v) is 19.2. The molecule has 0 saturated carbocycles. The Morgan fingerprint density at radius 1 is 0.909 bits per heavy atom. The molecule has 0 N–H and O–H groups in total. The van der Waals surface area contributed by atoms with Crippen LogP contribution in [0.4, 0.5) is 9.18 Å². The first-order valence-electron chi connectivity index (χ1n) is 10.5.